The van der Waals surface area contributed by atoms with Crippen LogP contribution in [0.1, 0.15) is 5.56 Å². The van der Waals surface area contributed by atoms with E-state index in [1.807, 2.05) is 0 Å². The number of rotatable bonds is 3. The third kappa shape index (κ3) is 2.54. The molecule has 3 aromatic rings. The Bertz CT molecular complexity index is 766. The predicted molar refractivity (Wildman–Crippen MR) is 87.7 cm³/mol. The first-order chi connectivity index (χ1) is 10.9. The molecule has 0 amide bonds. The van der Waals surface area contributed by atoms with Crippen LogP contribution in [-0.4, -0.2) is 31.2 Å². The molecular formula is C19H19NO2. The average molecular weight is 293 g/mol. The summed E-state index contributed by atoms with van der Waals surface area (Å²) in [5.41, 5.74) is 2.42. The minimum atomic E-state index is 0.821. The lowest BCUT2D eigenvalue weighted by molar-refractivity contribution is 0.0342. The lowest BCUT2D eigenvalue weighted by atomic mass is 10.0. The summed E-state index contributed by atoms with van der Waals surface area (Å²) in [6.45, 7) is 4.53. The van der Waals surface area contributed by atoms with Crippen LogP contribution in [0, 0.1) is 0 Å². The van der Waals surface area contributed by atoms with Gasteiger partial charge < -0.3 is 9.15 Å². The largest absolute Gasteiger partial charge is 0.464 e. The Morgan fingerprint density at radius 3 is 2.64 bits per heavy atom. The van der Waals surface area contributed by atoms with E-state index >= 15 is 0 Å². The summed E-state index contributed by atoms with van der Waals surface area (Å²) in [6.07, 6.45) is 1.80. The molecule has 3 nitrogen and oxygen atoms in total. The van der Waals surface area contributed by atoms with Gasteiger partial charge >= 0.3 is 0 Å². The summed E-state index contributed by atoms with van der Waals surface area (Å²) in [7, 11) is 0. The molecule has 0 radical (unpaired) electrons. The van der Waals surface area contributed by atoms with Gasteiger partial charge in [0.15, 0.2) is 0 Å². The molecule has 1 aliphatic heterocycles. The molecular weight excluding hydrogens is 274 g/mol. The standard InChI is InChI=1S/C19H19NO2/c1-2-6-17-15(4-1)5-3-7-18(17)19-16(8-11-22-19)14-20-9-12-21-13-10-20/h1-8,11H,9-10,12-14H2. The van der Waals surface area contributed by atoms with Gasteiger partial charge in [0.25, 0.3) is 0 Å². The monoisotopic (exact) mass is 293 g/mol. The highest BCUT2D eigenvalue weighted by Crippen LogP contribution is 2.32. The van der Waals surface area contributed by atoms with Crippen LogP contribution in [0.25, 0.3) is 22.1 Å². The maximum atomic E-state index is 5.84. The van der Waals surface area contributed by atoms with Crippen molar-refractivity contribution in [2.75, 3.05) is 26.3 Å². The summed E-state index contributed by atoms with van der Waals surface area (Å²) in [6, 6.07) is 16.9. The van der Waals surface area contributed by atoms with Crippen molar-refractivity contribution in [3.8, 4) is 11.3 Å². The minimum Gasteiger partial charge on any atom is -0.464 e. The number of furan rings is 1. The van der Waals surface area contributed by atoms with Gasteiger partial charge in [-0.15, -0.1) is 0 Å². The molecule has 3 heteroatoms. The number of ether oxygens (including phenoxy) is 1. The van der Waals surface area contributed by atoms with Crippen LogP contribution >= 0.6 is 0 Å². The zero-order valence-electron chi connectivity index (χ0n) is 12.5. The van der Waals surface area contributed by atoms with E-state index in [1.54, 1.807) is 6.26 Å². The summed E-state index contributed by atoms with van der Waals surface area (Å²) >= 11 is 0. The fourth-order valence-corrected chi connectivity index (χ4v) is 3.12. The first-order valence-corrected chi connectivity index (χ1v) is 7.76. The third-order valence-corrected chi connectivity index (χ3v) is 4.28. The average Bonchev–Trinajstić information content (AvgIpc) is 3.03. The van der Waals surface area contributed by atoms with Gasteiger partial charge in [0, 0.05) is 30.8 Å². The molecule has 22 heavy (non-hydrogen) atoms. The highest BCUT2D eigenvalue weighted by Gasteiger charge is 2.16. The van der Waals surface area contributed by atoms with Crippen LogP contribution in [0.15, 0.2) is 59.2 Å². The number of hydrogen-bond donors (Lipinski definition) is 0. The van der Waals surface area contributed by atoms with Gasteiger partial charge in [0.1, 0.15) is 5.76 Å². The Hall–Kier alpha value is -2.10. The molecule has 0 aliphatic carbocycles. The lowest BCUT2D eigenvalue weighted by Gasteiger charge is -2.26. The van der Waals surface area contributed by atoms with Crippen molar-refractivity contribution in [3.05, 3.63) is 60.4 Å². The van der Waals surface area contributed by atoms with Crippen molar-refractivity contribution in [1.82, 2.24) is 4.90 Å². The fraction of sp³-hybridized carbons (Fsp3) is 0.263. The number of fused-ring (bicyclic) bond motifs is 1. The first kappa shape index (κ1) is 13.6. The Labute approximate surface area is 130 Å². The van der Waals surface area contributed by atoms with Gasteiger partial charge in [-0.1, -0.05) is 42.5 Å². The van der Waals surface area contributed by atoms with E-state index in [1.165, 1.54) is 21.9 Å². The van der Waals surface area contributed by atoms with E-state index in [0.717, 1.165) is 38.6 Å². The quantitative estimate of drug-likeness (QED) is 0.731. The number of nitrogens with zero attached hydrogens (tertiary/aromatic N) is 1. The molecule has 1 aromatic heterocycles. The van der Waals surface area contributed by atoms with Crippen molar-refractivity contribution in [3.63, 3.8) is 0 Å². The first-order valence-electron chi connectivity index (χ1n) is 7.76. The van der Waals surface area contributed by atoms with Crippen LogP contribution in [0.4, 0.5) is 0 Å². The molecule has 0 saturated carbocycles. The molecule has 0 atom stereocenters. The van der Waals surface area contributed by atoms with Gasteiger partial charge in [-0.3, -0.25) is 4.90 Å². The van der Waals surface area contributed by atoms with E-state index in [9.17, 15) is 0 Å². The maximum Gasteiger partial charge on any atom is 0.138 e. The van der Waals surface area contributed by atoms with Gasteiger partial charge in [-0.05, 0) is 16.8 Å². The molecule has 1 saturated heterocycles. The number of benzene rings is 2. The Morgan fingerprint density at radius 1 is 0.909 bits per heavy atom. The molecule has 2 aromatic carbocycles. The maximum absolute atomic E-state index is 5.84. The molecule has 4 rings (SSSR count). The molecule has 1 aliphatic rings. The molecule has 1 fully saturated rings. The second-order valence-corrected chi connectivity index (χ2v) is 5.69. The Kier molecular flexibility index (Phi) is 3.67. The smallest absolute Gasteiger partial charge is 0.138 e. The van der Waals surface area contributed by atoms with Crippen molar-refractivity contribution >= 4 is 10.8 Å². The summed E-state index contributed by atoms with van der Waals surface area (Å²) in [4.78, 5) is 2.42. The van der Waals surface area contributed by atoms with Crippen LogP contribution in [0.2, 0.25) is 0 Å². The summed E-state index contributed by atoms with van der Waals surface area (Å²) in [5, 5.41) is 2.48. The highest BCUT2D eigenvalue weighted by molar-refractivity contribution is 5.95. The second kappa shape index (κ2) is 5.95. The highest BCUT2D eigenvalue weighted by atomic mass is 16.5. The molecule has 0 spiro atoms. The van der Waals surface area contributed by atoms with E-state index in [0.29, 0.717) is 0 Å². The summed E-state index contributed by atoms with van der Waals surface area (Å²) in [5.74, 6) is 0.989. The Balaban J connectivity index is 1.71. The fourth-order valence-electron chi connectivity index (χ4n) is 3.12. The topological polar surface area (TPSA) is 25.6 Å². The molecule has 0 N–H and O–H groups in total. The van der Waals surface area contributed by atoms with Crippen molar-refractivity contribution < 1.29 is 9.15 Å². The normalized spacial score (nSPS) is 16.2. The van der Waals surface area contributed by atoms with Crippen molar-refractivity contribution in [1.29, 1.82) is 0 Å². The predicted octanol–water partition coefficient (Wildman–Crippen LogP) is 3.93. The van der Waals surface area contributed by atoms with Gasteiger partial charge in [-0.25, -0.2) is 0 Å². The van der Waals surface area contributed by atoms with Crippen molar-refractivity contribution in [2.45, 2.75) is 6.54 Å². The van der Waals surface area contributed by atoms with Gasteiger partial charge in [-0.2, -0.15) is 0 Å². The molecule has 2 heterocycles. The minimum absolute atomic E-state index is 0.821. The lowest BCUT2D eigenvalue weighted by Crippen LogP contribution is -2.35. The zero-order valence-corrected chi connectivity index (χ0v) is 12.5. The van der Waals surface area contributed by atoms with E-state index in [2.05, 4.69) is 53.4 Å². The molecule has 0 unspecified atom stereocenters. The van der Waals surface area contributed by atoms with Crippen LogP contribution in [0.5, 0.6) is 0 Å². The SMILES string of the molecule is c1ccc2c(-c3occc3CN3CCOCC3)cccc2c1. The molecule has 112 valence electrons. The van der Waals surface area contributed by atoms with E-state index in [4.69, 9.17) is 9.15 Å². The third-order valence-electron chi connectivity index (χ3n) is 4.28. The van der Waals surface area contributed by atoms with Crippen molar-refractivity contribution in [2.24, 2.45) is 0 Å². The van der Waals surface area contributed by atoms with Crippen LogP contribution in [0.3, 0.4) is 0 Å². The van der Waals surface area contributed by atoms with Gasteiger partial charge in [0.05, 0.1) is 19.5 Å². The zero-order chi connectivity index (χ0) is 14.8. The van der Waals surface area contributed by atoms with E-state index < -0.39 is 0 Å². The van der Waals surface area contributed by atoms with E-state index in [-0.39, 0.29) is 0 Å². The van der Waals surface area contributed by atoms with Gasteiger partial charge in [0.2, 0.25) is 0 Å². The van der Waals surface area contributed by atoms with Crippen LogP contribution < -0.4 is 0 Å². The number of hydrogen-bond acceptors (Lipinski definition) is 3. The summed E-state index contributed by atoms with van der Waals surface area (Å²) < 4.78 is 11.3. The second-order valence-electron chi connectivity index (χ2n) is 5.69. The Morgan fingerprint density at radius 2 is 1.73 bits per heavy atom. The number of morpholine rings is 1. The van der Waals surface area contributed by atoms with Crippen LogP contribution in [-0.2, 0) is 11.3 Å². The molecule has 0 bridgehead atoms.